The van der Waals surface area contributed by atoms with E-state index >= 15 is 0 Å². The summed E-state index contributed by atoms with van der Waals surface area (Å²) in [5.74, 6) is 1.31. The van der Waals surface area contributed by atoms with Crippen LogP contribution < -0.4 is 10.1 Å². The molecule has 0 saturated heterocycles. The average molecular weight is 298 g/mol. The summed E-state index contributed by atoms with van der Waals surface area (Å²) < 4.78 is 10.6. The van der Waals surface area contributed by atoms with Crippen LogP contribution in [0.4, 0.5) is 0 Å². The van der Waals surface area contributed by atoms with Gasteiger partial charge >= 0.3 is 0 Å². The van der Waals surface area contributed by atoms with Crippen molar-refractivity contribution in [1.82, 2.24) is 5.32 Å². The van der Waals surface area contributed by atoms with Crippen LogP contribution in [0.5, 0.6) is 5.75 Å². The first kappa shape index (κ1) is 15.6. The van der Waals surface area contributed by atoms with Crippen LogP contribution in [0.3, 0.4) is 0 Å². The zero-order chi connectivity index (χ0) is 15.8. The zero-order valence-electron chi connectivity index (χ0n) is 12.4. The summed E-state index contributed by atoms with van der Waals surface area (Å²) >= 11 is 0. The van der Waals surface area contributed by atoms with E-state index in [0.29, 0.717) is 11.3 Å². The lowest BCUT2D eigenvalue weighted by molar-refractivity contribution is -0.123. The molecule has 1 atom stereocenters. The van der Waals surface area contributed by atoms with Crippen molar-refractivity contribution < 1.29 is 13.9 Å². The van der Waals surface area contributed by atoms with Gasteiger partial charge in [0.1, 0.15) is 11.5 Å². The van der Waals surface area contributed by atoms with Crippen molar-refractivity contribution in [1.29, 1.82) is 5.26 Å². The molecule has 0 unspecified atom stereocenters. The van der Waals surface area contributed by atoms with E-state index in [9.17, 15) is 4.79 Å². The van der Waals surface area contributed by atoms with Crippen LogP contribution in [0.2, 0.25) is 0 Å². The number of amides is 1. The number of nitrogens with zero attached hydrogens (tertiary/aromatic N) is 1. The van der Waals surface area contributed by atoms with Crippen molar-refractivity contribution in [2.45, 2.75) is 25.8 Å². The summed E-state index contributed by atoms with van der Waals surface area (Å²) in [5, 5.41) is 11.6. The molecule has 0 spiro atoms. The maximum absolute atomic E-state index is 11.8. The summed E-state index contributed by atoms with van der Waals surface area (Å²) in [4.78, 5) is 11.8. The van der Waals surface area contributed by atoms with Gasteiger partial charge in [0.15, 0.2) is 6.61 Å². The van der Waals surface area contributed by atoms with E-state index in [4.69, 9.17) is 14.4 Å². The fraction of sp³-hybridized carbons (Fsp3) is 0.294. The smallest absolute Gasteiger partial charge is 0.258 e. The third-order valence-electron chi connectivity index (χ3n) is 3.16. The molecule has 1 amide bonds. The fourth-order valence-electron chi connectivity index (χ4n) is 1.98. The Hall–Kier alpha value is -2.74. The number of benzene rings is 1. The summed E-state index contributed by atoms with van der Waals surface area (Å²) in [6, 6.07) is 12.5. The molecule has 1 N–H and O–H groups in total. The first-order chi connectivity index (χ1) is 10.7. The Balaban J connectivity index is 1.69. The first-order valence-electron chi connectivity index (χ1n) is 7.12. The lowest BCUT2D eigenvalue weighted by Gasteiger charge is -2.13. The van der Waals surface area contributed by atoms with Gasteiger partial charge < -0.3 is 14.5 Å². The van der Waals surface area contributed by atoms with Gasteiger partial charge in [-0.05, 0) is 49.7 Å². The Kier molecular flexibility index (Phi) is 5.61. The van der Waals surface area contributed by atoms with E-state index in [1.54, 1.807) is 30.5 Å². The maximum Gasteiger partial charge on any atom is 0.258 e. The van der Waals surface area contributed by atoms with Crippen LogP contribution in [0.1, 0.15) is 24.7 Å². The molecule has 0 bridgehead atoms. The molecule has 1 aromatic heterocycles. The van der Waals surface area contributed by atoms with Gasteiger partial charge in [-0.15, -0.1) is 0 Å². The van der Waals surface area contributed by atoms with Gasteiger partial charge in [0.2, 0.25) is 0 Å². The van der Waals surface area contributed by atoms with Crippen LogP contribution in [0.25, 0.3) is 0 Å². The number of carbonyl (C=O) groups is 1. The Morgan fingerprint density at radius 2 is 2.14 bits per heavy atom. The summed E-state index contributed by atoms with van der Waals surface area (Å²) in [5.41, 5.74) is 0.559. The van der Waals surface area contributed by atoms with Gasteiger partial charge in [0.05, 0.1) is 17.9 Å². The van der Waals surface area contributed by atoms with E-state index in [1.807, 2.05) is 25.1 Å². The minimum atomic E-state index is -0.170. The number of nitrogens with one attached hydrogen (secondary N) is 1. The molecular weight excluding hydrogens is 280 g/mol. The highest BCUT2D eigenvalue weighted by Gasteiger charge is 2.09. The SMILES string of the molecule is C[C@@H](CCc1ccco1)NC(=O)COc1ccc(C#N)cc1. The van der Waals surface area contributed by atoms with Gasteiger partial charge in [0, 0.05) is 12.5 Å². The lowest BCUT2D eigenvalue weighted by atomic mass is 10.1. The second kappa shape index (κ2) is 7.89. The van der Waals surface area contributed by atoms with Gasteiger partial charge in [-0.1, -0.05) is 0 Å². The molecule has 0 radical (unpaired) electrons. The zero-order valence-corrected chi connectivity index (χ0v) is 12.4. The molecule has 0 aliphatic rings. The molecule has 1 aromatic carbocycles. The second-order valence-corrected chi connectivity index (χ2v) is 5.01. The molecule has 114 valence electrons. The fourth-order valence-corrected chi connectivity index (χ4v) is 1.98. The maximum atomic E-state index is 11.8. The standard InChI is InChI=1S/C17H18N2O3/c1-13(4-7-15-3-2-10-21-15)19-17(20)12-22-16-8-5-14(11-18)6-9-16/h2-3,5-6,8-10,13H,4,7,12H2,1H3,(H,19,20)/t13-/m0/s1. The first-order valence-corrected chi connectivity index (χ1v) is 7.12. The highest BCUT2D eigenvalue weighted by atomic mass is 16.5. The number of rotatable bonds is 7. The highest BCUT2D eigenvalue weighted by Crippen LogP contribution is 2.11. The number of aryl methyl sites for hydroxylation is 1. The summed E-state index contributed by atoms with van der Waals surface area (Å²) in [7, 11) is 0. The van der Waals surface area contributed by atoms with Gasteiger partial charge in [-0.25, -0.2) is 0 Å². The van der Waals surface area contributed by atoms with E-state index in [0.717, 1.165) is 18.6 Å². The Morgan fingerprint density at radius 1 is 1.36 bits per heavy atom. The van der Waals surface area contributed by atoms with Crippen molar-refractivity contribution in [3.8, 4) is 11.8 Å². The van der Waals surface area contributed by atoms with E-state index in [-0.39, 0.29) is 18.6 Å². The largest absolute Gasteiger partial charge is 0.484 e. The molecule has 0 aliphatic heterocycles. The number of hydrogen-bond acceptors (Lipinski definition) is 4. The van der Waals surface area contributed by atoms with Crippen molar-refractivity contribution in [3.63, 3.8) is 0 Å². The molecule has 5 nitrogen and oxygen atoms in total. The number of hydrogen-bond donors (Lipinski definition) is 1. The minimum Gasteiger partial charge on any atom is -0.484 e. The topological polar surface area (TPSA) is 75.3 Å². The molecule has 2 aromatic rings. The van der Waals surface area contributed by atoms with Gasteiger partial charge in [-0.3, -0.25) is 4.79 Å². The molecule has 2 rings (SSSR count). The van der Waals surface area contributed by atoms with Crippen molar-refractivity contribution in [2.75, 3.05) is 6.61 Å². The van der Waals surface area contributed by atoms with Gasteiger partial charge in [-0.2, -0.15) is 5.26 Å². The summed E-state index contributed by atoms with van der Waals surface area (Å²) in [6.07, 6.45) is 3.23. The molecule has 5 heteroatoms. The van der Waals surface area contributed by atoms with Crippen molar-refractivity contribution >= 4 is 5.91 Å². The Labute approximate surface area is 129 Å². The number of carbonyl (C=O) groups excluding carboxylic acids is 1. The van der Waals surface area contributed by atoms with Crippen LogP contribution in [-0.2, 0) is 11.2 Å². The van der Waals surface area contributed by atoms with Crippen LogP contribution in [-0.4, -0.2) is 18.6 Å². The van der Waals surface area contributed by atoms with Crippen LogP contribution >= 0.6 is 0 Å². The predicted molar refractivity (Wildman–Crippen MR) is 81.3 cm³/mol. The van der Waals surface area contributed by atoms with Gasteiger partial charge in [0.25, 0.3) is 5.91 Å². The molecule has 0 aliphatic carbocycles. The Bertz CT molecular complexity index is 627. The third-order valence-corrected chi connectivity index (χ3v) is 3.16. The minimum absolute atomic E-state index is 0.0437. The number of ether oxygens (including phenoxy) is 1. The molecule has 22 heavy (non-hydrogen) atoms. The monoisotopic (exact) mass is 298 g/mol. The lowest BCUT2D eigenvalue weighted by Crippen LogP contribution is -2.36. The average Bonchev–Trinajstić information content (AvgIpc) is 3.05. The molecule has 0 saturated carbocycles. The summed E-state index contributed by atoms with van der Waals surface area (Å²) in [6.45, 7) is 1.90. The van der Waals surface area contributed by atoms with E-state index in [1.165, 1.54) is 0 Å². The number of furan rings is 1. The van der Waals surface area contributed by atoms with Crippen molar-refractivity contribution in [2.24, 2.45) is 0 Å². The third kappa shape index (κ3) is 4.98. The molecule has 0 fully saturated rings. The van der Waals surface area contributed by atoms with Crippen LogP contribution in [0, 0.1) is 11.3 Å². The highest BCUT2D eigenvalue weighted by molar-refractivity contribution is 5.77. The number of nitriles is 1. The molecular formula is C17H18N2O3. The van der Waals surface area contributed by atoms with Crippen molar-refractivity contribution in [3.05, 3.63) is 54.0 Å². The normalized spacial score (nSPS) is 11.5. The predicted octanol–water partition coefficient (Wildman–Crippen LogP) is 2.67. The quantitative estimate of drug-likeness (QED) is 0.852. The van der Waals surface area contributed by atoms with E-state index < -0.39 is 0 Å². The molecule has 1 heterocycles. The van der Waals surface area contributed by atoms with Crippen LogP contribution in [0.15, 0.2) is 47.1 Å². The van der Waals surface area contributed by atoms with E-state index in [2.05, 4.69) is 5.32 Å². The Morgan fingerprint density at radius 3 is 2.77 bits per heavy atom. The second-order valence-electron chi connectivity index (χ2n) is 5.01.